The second-order valence-corrected chi connectivity index (χ2v) is 6.15. The highest BCUT2D eigenvalue weighted by Crippen LogP contribution is 2.31. The Morgan fingerprint density at radius 2 is 1.74 bits per heavy atom. The van der Waals surface area contributed by atoms with Crippen LogP contribution in [0.5, 0.6) is 0 Å². The molecule has 4 rings (SSSR count). The van der Waals surface area contributed by atoms with Crippen LogP contribution < -0.4 is 4.90 Å². The average molecular weight is 310 g/mol. The molecule has 0 unspecified atom stereocenters. The fourth-order valence-electron chi connectivity index (χ4n) is 3.35. The summed E-state index contributed by atoms with van der Waals surface area (Å²) in [6.07, 6.45) is 2.43. The number of aryl methyl sites for hydroxylation is 2. The van der Waals surface area contributed by atoms with E-state index in [0.29, 0.717) is 0 Å². The molecule has 0 aliphatic carbocycles. The molecular formula is C18H19FN4. The molecule has 4 nitrogen and oxygen atoms in total. The van der Waals surface area contributed by atoms with Gasteiger partial charge in [0.05, 0.1) is 5.69 Å². The Labute approximate surface area is 134 Å². The number of halogens is 1. The van der Waals surface area contributed by atoms with Crippen LogP contribution >= 0.6 is 0 Å². The Kier molecular flexibility index (Phi) is 3.29. The fraction of sp³-hybridized carbons (Fsp3) is 0.333. The highest BCUT2D eigenvalue weighted by Gasteiger charge is 2.20. The second-order valence-electron chi connectivity index (χ2n) is 6.15. The molecule has 118 valence electrons. The number of anilines is 1. The van der Waals surface area contributed by atoms with Gasteiger partial charge < -0.3 is 4.90 Å². The zero-order chi connectivity index (χ0) is 16.0. The van der Waals surface area contributed by atoms with Crippen LogP contribution in [0.3, 0.4) is 0 Å². The molecule has 23 heavy (non-hydrogen) atoms. The molecule has 0 saturated carbocycles. The molecule has 0 radical (unpaired) electrons. The molecular weight excluding hydrogens is 291 g/mol. The molecule has 0 bridgehead atoms. The van der Waals surface area contributed by atoms with Gasteiger partial charge in [0.15, 0.2) is 5.65 Å². The van der Waals surface area contributed by atoms with Gasteiger partial charge in [-0.05, 0) is 44.4 Å². The minimum Gasteiger partial charge on any atom is -0.356 e. The summed E-state index contributed by atoms with van der Waals surface area (Å²) in [6, 6.07) is 8.64. The summed E-state index contributed by atoms with van der Waals surface area (Å²) >= 11 is 0. The van der Waals surface area contributed by atoms with Gasteiger partial charge in [-0.25, -0.2) is 9.37 Å². The summed E-state index contributed by atoms with van der Waals surface area (Å²) in [4.78, 5) is 7.07. The summed E-state index contributed by atoms with van der Waals surface area (Å²) in [5.41, 5.74) is 4.66. The molecule has 1 saturated heterocycles. The van der Waals surface area contributed by atoms with Crippen LogP contribution in [0, 0.1) is 19.7 Å². The first-order valence-electron chi connectivity index (χ1n) is 8.01. The maximum atomic E-state index is 13.2. The molecule has 3 heterocycles. The molecule has 0 amide bonds. The predicted octanol–water partition coefficient (Wildman–Crippen LogP) is 3.75. The quantitative estimate of drug-likeness (QED) is 0.723. The maximum Gasteiger partial charge on any atom is 0.165 e. The zero-order valence-corrected chi connectivity index (χ0v) is 13.4. The molecule has 1 fully saturated rings. The second kappa shape index (κ2) is 5.33. The third-order valence-corrected chi connectivity index (χ3v) is 4.44. The van der Waals surface area contributed by atoms with Crippen LogP contribution in [0.1, 0.15) is 24.2 Å². The summed E-state index contributed by atoms with van der Waals surface area (Å²) < 4.78 is 15.2. The van der Waals surface area contributed by atoms with Crippen LogP contribution in [0.2, 0.25) is 0 Å². The van der Waals surface area contributed by atoms with E-state index in [1.54, 1.807) is 12.1 Å². The van der Waals surface area contributed by atoms with E-state index in [-0.39, 0.29) is 5.82 Å². The summed E-state index contributed by atoms with van der Waals surface area (Å²) in [5.74, 6) is 0.867. The normalized spacial score (nSPS) is 14.8. The molecule has 0 N–H and O–H groups in total. The monoisotopic (exact) mass is 310 g/mol. The maximum absolute atomic E-state index is 13.2. The van der Waals surface area contributed by atoms with E-state index >= 15 is 0 Å². The minimum absolute atomic E-state index is 0.232. The molecule has 5 heteroatoms. The van der Waals surface area contributed by atoms with Crippen molar-refractivity contribution in [3.63, 3.8) is 0 Å². The highest BCUT2D eigenvalue weighted by atomic mass is 19.1. The predicted molar refractivity (Wildman–Crippen MR) is 89.3 cm³/mol. The van der Waals surface area contributed by atoms with E-state index in [1.807, 2.05) is 18.4 Å². The lowest BCUT2D eigenvalue weighted by Gasteiger charge is -2.18. The van der Waals surface area contributed by atoms with E-state index in [1.165, 1.54) is 25.0 Å². The fourth-order valence-corrected chi connectivity index (χ4v) is 3.35. The van der Waals surface area contributed by atoms with Gasteiger partial charge >= 0.3 is 0 Å². The van der Waals surface area contributed by atoms with E-state index in [2.05, 4.69) is 11.0 Å². The van der Waals surface area contributed by atoms with Gasteiger partial charge in [0.2, 0.25) is 0 Å². The van der Waals surface area contributed by atoms with Crippen molar-refractivity contribution in [3.05, 3.63) is 47.5 Å². The lowest BCUT2D eigenvalue weighted by molar-refractivity contribution is 0.628. The standard InChI is InChI=1S/C18H19FN4/c1-12-11-16(22-9-3-4-10-22)23-18(20-12)17(13(2)21-23)14-5-7-15(19)8-6-14/h5-8,11H,3-4,9-10H2,1-2H3. The molecule has 2 aromatic heterocycles. The van der Waals surface area contributed by atoms with Crippen molar-refractivity contribution in [2.24, 2.45) is 0 Å². The Morgan fingerprint density at radius 1 is 1.04 bits per heavy atom. The number of benzene rings is 1. The van der Waals surface area contributed by atoms with Gasteiger partial charge in [-0.3, -0.25) is 0 Å². The third kappa shape index (κ3) is 2.36. The average Bonchev–Trinajstić information content (AvgIpc) is 3.15. The van der Waals surface area contributed by atoms with Crippen LogP contribution in [0.4, 0.5) is 10.2 Å². The van der Waals surface area contributed by atoms with Crippen molar-refractivity contribution in [2.45, 2.75) is 26.7 Å². The van der Waals surface area contributed by atoms with Gasteiger partial charge in [-0.1, -0.05) is 12.1 Å². The third-order valence-electron chi connectivity index (χ3n) is 4.44. The number of fused-ring (bicyclic) bond motifs is 1. The van der Waals surface area contributed by atoms with Crippen LogP contribution in [-0.2, 0) is 0 Å². The first kappa shape index (κ1) is 14.2. The van der Waals surface area contributed by atoms with E-state index < -0.39 is 0 Å². The number of hydrogen-bond acceptors (Lipinski definition) is 3. The van der Waals surface area contributed by atoms with Crippen LogP contribution in [0.25, 0.3) is 16.8 Å². The van der Waals surface area contributed by atoms with E-state index in [0.717, 1.165) is 47.1 Å². The minimum atomic E-state index is -0.232. The van der Waals surface area contributed by atoms with Crippen molar-refractivity contribution in [1.29, 1.82) is 0 Å². The highest BCUT2D eigenvalue weighted by molar-refractivity contribution is 5.81. The lowest BCUT2D eigenvalue weighted by Crippen LogP contribution is -2.21. The number of rotatable bonds is 2. The summed E-state index contributed by atoms with van der Waals surface area (Å²) in [6.45, 7) is 6.11. The Morgan fingerprint density at radius 3 is 2.43 bits per heavy atom. The van der Waals surface area contributed by atoms with Crippen molar-refractivity contribution in [2.75, 3.05) is 18.0 Å². The Hall–Kier alpha value is -2.43. The smallest absolute Gasteiger partial charge is 0.165 e. The van der Waals surface area contributed by atoms with Gasteiger partial charge in [-0.15, -0.1) is 0 Å². The van der Waals surface area contributed by atoms with Gasteiger partial charge in [0.1, 0.15) is 11.6 Å². The largest absolute Gasteiger partial charge is 0.356 e. The Balaban J connectivity index is 1.95. The lowest BCUT2D eigenvalue weighted by atomic mass is 10.1. The summed E-state index contributed by atoms with van der Waals surface area (Å²) in [7, 11) is 0. The van der Waals surface area contributed by atoms with Crippen molar-refractivity contribution >= 4 is 11.5 Å². The SMILES string of the molecule is Cc1cc(N2CCCC2)n2nc(C)c(-c3ccc(F)cc3)c2n1. The Bertz CT molecular complexity index is 861. The molecule has 1 aliphatic rings. The van der Waals surface area contributed by atoms with Crippen molar-refractivity contribution in [3.8, 4) is 11.1 Å². The topological polar surface area (TPSA) is 33.4 Å². The zero-order valence-electron chi connectivity index (χ0n) is 13.4. The van der Waals surface area contributed by atoms with E-state index in [9.17, 15) is 4.39 Å². The van der Waals surface area contributed by atoms with Crippen LogP contribution in [-0.4, -0.2) is 27.7 Å². The molecule has 0 atom stereocenters. The van der Waals surface area contributed by atoms with Crippen molar-refractivity contribution in [1.82, 2.24) is 14.6 Å². The first-order valence-corrected chi connectivity index (χ1v) is 8.01. The van der Waals surface area contributed by atoms with Gasteiger partial charge in [0, 0.05) is 30.4 Å². The summed E-state index contributed by atoms with van der Waals surface area (Å²) in [5, 5.41) is 4.72. The molecule has 1 aromatic carbocycles. The van der Waals surface area contributed by atoms with E-state index in [4.69, 9.17) is 10.1 Å². The number of nitrogens with zero attached hydrogens (tertiary/aromatic N) is 4. The van der Waals surface area contributed by atoms with Crippen molar-refractivity contribution < 1.29 is 4.39 Å². The van der Waals surface area contributed by atoms with Crippen LogP contribution in [0.15, 0.2) is 30.3 Å². The first-order chi connectivity index (χ1) is 11.1. The number of aromatic nitrogens is 3. The molecule has 0 spiro atoms. The molecule has 1 aliphatic heterocycles. The molecule has 3 aromatic rings. The number of hydrogen-bond donors (Lipinski definition) is 0. The van der Waals surface area contributed by atoms with Gasteiger partial charge in [0.25, 0.3) is 0 Å². The van der Waals surface area contributed by atoms with Gasteiger partial charge in [-0.2, -0.15) is 9.61 Å².